The minimum atomic E-state index is -0.643. The van der Waals surface area contributed by atoms with Gasteiger partial charge in [-0.05, 0) is 32.4 Å². The highest BCUT2D eigenvalue weighted by Gasteiger charge is 2.24. The van der Waals surface area contributed by atoms with Gasteiger partial charge in [0.2, 0.25) is 5.28 Å². The molecule has 1 aromatic rings. The number of nitrogens with zero attached hydrogens (tertiary/aromatic N) is 4. The number of β-amino-alcohol motifs (C(OH)–C–C–N with tert-alkyl or cyclic N) is 1. The van der Waals surface area contributed by atoms with Crippen LogP contribution in [0.2, 0.25) is 5.28 Å². The molecule has 2 rings (SSSR count). The van der Waals surface area contributed by atoms with Crippen LogP contribution in [0.1, 0.15) is 19.4 Å². The van der Waals surface area contributed by atoms with E-state index in [0.29, 0.717) is 11.8 Å². The highest BCUT2D eigenvalue weighted by Crippen LogP contribution is 2.20. The molecule has 0 unspecified atom stereocenters. The van der Waals surface area contributed by atoms with Gasteiger partial charge in [-0.25, -0.2) is 9.97 Å². The molecule has 1 aromatic heterocycles. The fourth-order valence-electron chi connectivity index (χ4n) is 2.40. The second-order valence-corrected chi connectivity index (χ2v) is 6.06. The molecule has 2 heterocycles. The van der Waals surface area contributed by atoms with Crippen LogP contribution >= 0.6 is 11.6 Å². The Balaban J connectivity index is 1.98. The number of hydrogen-bond donors (Lipinski definition) is 1. The average Bonchev–Trinajstić information content (AvgIpc) is 2.31. The Labute approximate surface area is 119 Å². The van der Waals surface area contributed by atoms with Crippen molar-refractivity contribution in [2.45, 2.75) is 26.4 Å². The molecule has 1 aliphatic heterocycles. The summed E-state index contributed by atoms with van der Waals surface area (Å²) in [7, 11) is 0. The molecule has 0 atom stereocenters. The molecule has 0 radical (unpaired) electrons. The maximum Gasteiger partial charge on any atom is 0.224 e. The van der Waals surface area contributed by atoms with Crippen molar-refractivity contribution in [3.63, 3.8) is 0 Å². The second kappa shape index (κ2) is 5.61. The van der Waals surface area contributed by atoms with Crippen molar-refractivity contribution >= 4 is 17.4 Å². The molecule has 1 fully saturated rings. The van der Waals surface area contributed by atoms with E-state index in [0.717, 1.165) is 37.6 Å². The summed E-state index contributed by atoms with van der Waals surface area (Å²) in [5.74, 6) is 0.919. The normalized spacial score (nSPS) is 17.8. The summed E-state index contributed by atoms with van der Waals surface area (Å²) < 4.78 is 0. The Morgan fingerprint density at radius 3 is 2.53 bits per heavy atom. The van der Waals surface area contributed by atoms with Crippen LogP contribution in [-0.4, -0.2) is 58.3 Å². The van der Waals surface area contributed by atoms with E-state index in [1.165, 1.54) is 0 Å². The van der Waals surface area contributed by atoms with Gasteiger partial charge in [0.05, 0.1) is 5.60 Å². The first-order chi connectivity index (χ1) is 8.85. The summed E-state index contributed by atoms with van der Waals surface area (Å²) in [6.07, 6.45) is 1.76. The molecule has 0 bridgehead atoms. The summed E-state index contributed by atoms with van der Waals surface area (Å²) in [6.45, 7) is 10.0. The quantitative estimate of drug-likeness (QED) is 0.849. The highest BCUT2D eigenvalue weighted by atomic mass is 35.5. The third-order valence-corrected chi connectivity index (χ3v) is 3.38. The first-order valence-electron chi connectivity index (χ1n) is 6.54. The number of anilines is 1. The van der Waals surface area contributed by atoms with Crippen molar-refractivity contribution < 1.29 is 5.11 Å². The van der Waals surface area contributed by atoms with Crippen molar-refractivity contribution in [2.75, 3.05) is 37.6 Å². The van der Waals surface area contributed by atoms with Gasteiger partial charge in [0.1, 0.15) is 5.82 Å². The van der Waals surface area contributed by atoms with Gasteiger partial charge in [-0.3, -0.25) is 4.90 Å². The second-order valence-electron chi connectivity index (χ2n) is 5.72. The lowest BCUT2D eigenvalue weighted by Gasteiger charge is -2.38. The van der Waals surface area contributed by atoms with E-state index in [-0.39, 0.29) is 0 Å². The zero-order chi connectivity index (χ0) is 14.0. The molecule has 0 saturated carbocycles. The van der Waals surface area contributed by atoms with Gasteiger partial charge in [0, 0.05) is 44.5 Å². The van der Waals surface area contributed by atoms with Crippen molar-refractivity contribution in [2.24, 2.45) is 0 Å². The van der Waals surface area contributed by atoms with Crippen LogP contribution in [0.15, 0.2) is 6.20 Å². The summed E-state index contributed by atoms with van der Waals surface area (Å²) in [6, 6.07) is 0. The van der Waals surface area contributed by atoms with Gasteiger partial charge in [-0.2, -0.15) is 0 Å². The van der Waals surface area contributed by atoms with Gasteiger partial charge in [-0.1, -0.05) is 0 Å². The number of rotatable bonds is 3. The fraction of sp³-hybridized carbons (Fsp3) is 0.692. The molecule has 106 valence electrons. The minimum absolute atomic E-state index is 0.291. The Kier molecular flexibility index (Phi) is 4.28. The molecule has 0 amide bonds. The average molecular weight is 285 g/mol. The first kappa shape index (κ1) is 14.5. The van der Waals surface area contributed by atoms with Gasteiger partial charge in [0.25, 0.3) is 0 Å². The molecule has 0 aliphatic carbocycles. The van der Waals surface area contributed by atoms with E-state index in [9.17, 15) is 5.11 Å². The predicted molar refractivity (Wildman–Crippen MR) is 76.7 cm³/mol. The fourth-order valence-corrected chi connectivity index (χ4v) is 2.53. The van der Waals surface area contributed by atoms with Crippen LogP contribution in [-0.2, 0) is 0 Å². The Morgan fingerprint density at radius 1 is 1.32 bits per heavy atom. The number of halogens is 1. The SMILES string of the molecule is Cc1cnc(Cl)nc1N1CCN(CC(C)(C)O)CC1. The number of piperazine rings is 1. The maximum atomic E-state index is 9.84. The zero-order valence-corrected chi connectivity index (χ0v) is 12.5. The number of aryl methyl sites for hydroxylation is 1. The summed E-state index contributed by atoms with van der Waals surface area (Å²) in [4.78, 5) is 12.8. The highest BCUT2D eigenvalue weighted by molar-refractivity contribution is 6.28. The summed E-state index contributed by atoms with van der Waals surface area (Å²) in [5, 5.41) is 10.1. The molecule has 5 nitrogen and oxygen atoms in total. The molecular weight excluding hydrogens is 264 g/mol. The first-order valence-corrected chi connectivity index (χ1v) is 6.92. The third kappa shape index (κ3) is 4.03. The molecule has 1 aliphatic rings. The molecule has 6 heteroatoms. The van der Waals surface area contributed by atoms with E-state index in [2.05, 4.69) is 19.8 Å². The van der Waals surface area contributed by atoms with Crippen molar-refractivity contribution in [3.05, 3.63) is 17.0 Å². The number of aliphatic hydroxyl groups is 1. The largest absolute Gasteiger partial charge is 0.389 e. The van der Waals surface area contributed by atoms with Crippen molar-refractivity contribution in [3.8, 4) is 0 Å². The van der Waals surface area contributed by atoms with E-state index in [1.54, 1.807) is 6.20 Å². The number of aromatic nitrogens is 2. The monoisotopic (exact) mass is 284 g/mol. The molecular formula is C13H21ClN4O. The Morgan fingerprint density at radius 2 is 1.95 bits per heavy atom. The molecule has 19 heavy (non-hydrogen) atoms. The van der Waals surface area contributed by atoms with Crippen molar-refractivity contribution in [1.82, 2.24) is 14.9 Å². The van der Waals surface area contributed by atoms with Gasteiger partial charge >= 0.3 is 0 Å². The van der Waals surface area contributed by atoms with Gasteiger partial charge in [-0.15, -0.1) is 0 Å². The van der Waals surface area contributed by atoms with Crippen LogP contribution in [0.5, 0.6) is 0 Å². The summed E-state index contributed by atoms with van der Waals surface area (Å²) in [5.41, 5.74) is 0.399. The molecule has 0 aromatic carbocycles. The maximum absolute atomic E-state index is 9.84. The smallest absolute Gasteiger partial charge is 0.224 e. The van der Waals surface area contributed by atoms with E-state index in [4.69, 9.17) is 11.6 Å². The van der Waals surface area contributed by atoms with E-state index < -0.39 is 5.60 Å². The van der Waals surface area contributed by atoms with Gasteiger partial charge in [0.15, 0.2) is 0 Å². The van der Waals surface area contributed by atoms with E-state index in [1.807, 2.05) is 20.8 Å². The van der Waals surface area contributed by atoms with Crippen LogP contribution in [0.3, 0.4) is 0 Å². The topological polar surface area (TPSA) is 52.5 Å². The predicted octanol–water partition coefficient (Wildman–Crippen LogP) is 1.33. The van der Waals surface area contributed by atoms with E-state index >= 15 is 0 Å². The Hall–Kier alpha value is -0.910. The zero-order valence-electron chi connectivity index (χ0n) is 11.7. The van der Waals surface area contributed by atoms with Gasteiger partial charge < -0.3 is 10.0 Å². The lowest BCUT2D eigenvalue weighted by molar-refractivity contribution is 0.0344. The van der Waals surface area contributed by atoms with Crippen molar-refractivity contribution in [1.29, 1.82) is 0 Å². The minimum Gasteiger partial charge on any atom is -0.389 e. The molecule has 1 saturated heterocycles. The van der Waals surface area contributed by atoms with Crippen LogP contribution < -0.4 is 4.90 Å². The molecule has 1 N–H and O–H groups in total. The number of hydrogen-bond acceptors (Lipinski definition) is 5. The van der Waals surface area contributed by atoms with Crippen LogP contribution in [0, 0.1) is 6.92 Å². The molecule has 0 spiro atoms. The summed E-state index contributed by atoms with van der Waals surface area (Å²) >= 11 is 5.86. The van der Waals surface area contributed by atoms with Crippen LogP contribution in [0.25, 0.3) is 0 Å². The Bertz CT molecular complexity index is 439. The standard InChI is InChI=1S/C13H21ClN4O/c1-10-8-15-12(14)16-11(10)18-6-4-17(5-7-18)9-13(2,3)19/h8,19H,4-7,9H2,1-3H3. The van der Waals surface area contributed by atoms with Crippen LogP contribution in [0.4, 0.5) is 5.82 Å². The third-order valence-electron chi connectivity index (χ3n) is 3.20. The lowest BCUT2D eigenvalue weighted by atomic mass is 10.1. The lowest BCUT2D eigenvalue weighted by Crippen LogP contribution is -2.50.